The van der Waals surface area contributed by atoms with Crippen LogP contribution in [0, 0.1) is 5.41 Å². The predicted molar refractivity (Wildman–Crippen MR) is 102 cm³/mol. The molecule has 1 aliphatic carbocycles. The lowest BCUT2D eigenvalue weighted by atomic mass is 9.78. The molecule has 3 amide bonds. The third-order valence-corrected chi connectivity index (χ3v) is 5.73. The minimum Gasteiger partial charge on any atom is -0.364 e. The van der Waals surface area contributed by atoms with Gasteiger partial charge in [0.2, 0.25) is 0 Å². The Morgan fingerprint density at radius 2 is 2.04 bits per heavy atom. The van der Waals surface area contributed by atoms with E-state index in [1.807, 2.05) is 4.90 Å². The fraction of sp³-hybridized carbons (Fsp3) is 0.684. The summed E-state index contributed by atoms with van der Waals surface area (Å²) >= 11 is 0. The SMILES string of the molecule is CC(C)(CNC(=O)N1CCC(n2cc(C(N)=O)nn2)CC1)C1=CCCCC1. The number of urea groups is 1. The van der Waals surface area contributed by atoms with Crippen LogP contribution in [0.2, 0.25) is 0 Å². The predicted octanol–water partition coefficient (Wildman–Crippen LogP) is 2.25. The molecule has 1 aromatic rings. The maximum absolute atomic E-state index is 12.6. The molecule has 27 heavy (non-hydrogen) atoms. The molecular weight excluding hydrogens is 344 g/mol. The first kappa shape index (κ1) is 19.4. The Morgan fingerprint density at radius 3 is 2.63 bits per heavy atom. The number of piperidine rings is 1. The van der Waals surface area contributed by atoms with E-state index in [-0.39, 0.29) is 23.2 Å². The van der Waals surface area contributed by atoms with Crippen LogP contribution < -0.4 is 11.1 Å². The molecule has 1 aliphatic heterocycles. The number of nitrogens with one attached hydrogen (secondary N) is 1. The molecule has 0 atom stereocenters. The highest BCUT2D eigenvalue weighted by atomic mass is 16.2. The number of aromatic nitrogens is 3. The monoisotopic (exact) mass is 374 g/mol. The Hall–Kier alpha value is -2.38. The molecule has 1 aromatic heterocycles. The van der Waals surface area contributed by atoms with Crippen LogP contribution in [0.1, 0.15) is 68.9 Å². The summed E-state index contributed by atoms with van der Waals surface area (Å²) in [4.78, 5) is 25.6. The van der Waals surface area contributed by atoms with E-state index in [0.29, 0.717) is 19.6 Å². The van der Waals surface area contributed by atoms with E-state index in [9.17, 15) is 9.59 Å². The molecule has 3 N–H and O–H groups in total. The van der Waals surface area contributed by atoms with E-state index >= 15 is 0 Å². The number of nitrogens with two attached hydrogens (primary N) is 1. The molecule has 148 valence electrons. The molecule has 0 aromatic carbocycles. The van der Waals surface area contributed by atoms with Crippen LogP contribution in [0.15, 0.2) is 17.8 Å². The van der Waals surface area contributed by atoms with Crippen molar-refractivity contribution in [3.63, 3.8) is 0 Å². The number of hydrogen-bond donors (Lipinski definition) is 2. The summed E-state index contributed by atoms with van der Waals surface area (Å²) in [5.74, 6) is -0.575. The number of carbonyl (C=O) groups is 2. The van der Waals surface area contributed by atoms with E-state index < -0.39 is 5.91 Å². The molecule has 0 spiro atoms. The molecule has 8 heteroatoms. The Bertz CT molecular complexity index is 716. The molecule has 1 fully saturated rings. The molecule has 8 nitrogen and oxygen atoms in total. The van der Waals surface area contributed by atoms with Crippen molar-refractivity contribution in [3.05, 3.63) is 23.5 Å². The van der Waals surface area contributed by atoms with Crippen LogP contribution in [-0.2, 0) is 0 Å². The number of amides is 3. The third-order valence-electron chi connectivity index (χ3n) is 5.73. The lowest BCUT2D eigenvalue weighted by Crippen LogP contribution is -2.47. The summed E-state index contributed by atoms with van der Waals surface area (Å²) in [5.41, 5.74) is 6.86. The number of nitrogens with zero attached hydrogens (tertiary/aromatic N) is 4. The van der Waals surface area contributed by atoms with Crippen LogP contribution in [0.3, 0.4) is 0 Å². The van der Waals surface area contributed by atoms with Gasteiger partial charge < -0.3 is 16.0 Å². The smallest absolute Gasteiger partial charge is 0.317 e. The van der Waals surface area contributed by atoms with Crippen molar-refractivity contribution in [3.8, 4) is 0 Å². The highest BCUT2D eigenvalue weighted by molar-refractivity contribution is 5.90. The zero-order valence-electron chi connectivity index (χ0n) is 16.3. The molecule has 0 radical (unpaired) electrons. The second kappa shape index (κ2) is 8.10. The second-order valence-electron chi connectivity index (χ2n) is 8.18. The standard InChI is InChI=1S/C19H30N6O2/c1-19(2,14-6-4-3-5-7-14)13-21-18(27)24-10-8-15(9-11-24)25-12-16(17(20)26)22-23-25/h6,12,15H,3-5,7-11,13H2,1-2H3,(H2,20,26)(H,21,27). The first-order valence-corrected chi connectivity index (χ1v) is 9.81. The van der Waals surface area contributed by atoms with E-state index in [2.05, 4.69) is 35.6 Å². The molecule has 0 bridgehead atoms. The lowest BCUT2D eigenvalue weighted by molar-refractivity contribution is 0.0995. The van der Waals surface area contributed by atoms with E-state index in [1.165, 1.54) is 18.4 Å². The Labute approximate surface area is 160 Å². The van der Waals surface area contributed by atoms with Gasteiger partial charge in [-0.2, -0.15) is 0 Å². The number of carbonyl (C=O) groups excluding carboxylic acids is 2. The van der Waals surface area contributed by atoms with Gasteiger partial charge in [-0.3, -0.25) is 4.79 Å². The first-order chi connectivity index (χ1) is 12.9. The quantitative estimate of drug-likeness (QED) is 0.771. The largest absolute Gasteiger partial charge is 0.364 e. The summed E-state index contributed by atoms with van der Waals surface area (Å²) in [6.07, 6.45) is 10.3. The summed E-state index contributed by atoms with van der Waals surface area (Å²) in [7, 11) is 0. The van der Waals surface area contributed by atoms with Crippen LogP contribution in [0.4, 0.5) is 4.79 Å². The van der Waals surface area contributed by atoms with E-state index in [0.717, 1.165) is 25.7 Å². The number of allylic oxidation sites excluding steroid dienone is 1. The zero-order chi connectivity index (χ0) is 19.4. The first-order valence-electron chi connectivity index (χ1n) is 9.81. The van der Waals surface area contributed by atoms with Gasteiger partial charge in [0.1, 0.15) is 0 Å². The zero-order valence-corrected chi connectivity index (χ0v) is 16.3. The van der Waals surface area contributed by atoms with Gasteiger partial charge in [0.25, 0.3) is 5.91 Å². The van der Waals surface area contributed by atoms with Crippen molar-refractivity contribution in [1.29, 1.82) is 0 Å². The van der Waals surface area contributed by atoms with Gasteiger partial charge in [0, 0.05) is 25.0 Å². The van der Waals surface area contributed by atoms with Crippen molar-refractivity contribution >= 4 is 11.9 Å². The van der Waals surface area contributed by atoms with Gasteiger partial charge in [-0.1, -0.05) is 30.7 Å². The molecule has 2 heterocycles. The van der Waals surface area contributed by atoms with Crippen LogP contribution >= 0.6 is 0 Å². The van der Waals surface area contributed by atoms with Crippen molar-refractivity contribution < 1.29 is 9.59 Å². The van der Waals surface area contributed by atoms with E-state index in [1.54, 1.807) is 10.9 Å². The molecule has 2 aliphatic rings. The Kier molecular flexibility index (Phi) is 5.82. The number of primary amides is 1. The minimum atomic E-state index is -0.575. The number of rotatable bonds is 5. The molecule has 0 saturated carbocycles. The van der Waals surface area contributed by atoms with E-state index in [4.69, 9.17) is 5.73 Å². The Balaban J connectivity index is 1.48. The van der Waals surface area contributed by atoms with Gasteiger partial charge in [0.05, 0.1) is 12.2 Å². The fourth-order valence-corrected chi connectivity index (χ4v) is 3.88. The minimum absolute atomic E-state index is 0.000292. The number of likely N-dealkylation sites (tertiary alicyclic amines) is 1. The van der Waals surface area contributed by atoms with Gasteiger partial charge in [-0.15, -0.1) is 5.10 Å². The maximum Gasteiger partial charge on any atom is 0.317 e. The average molecular weight is 374 g/mol. The summed E-state index contributed by atoms with van der Waals surface area (Å²) < 4.78 is 1.69. The summed E-state index contributed by atoms with van der Waals surface area (Å²) in [6, 6.07) is 0.132. The van der Waals surface area contributed by atoms with Crippen molar-refractivity contribution in [1.82, 2.24) is 25.2 Å². The maximum atomic E-state index is 12.6. The second-order valence-corrected chi connectivity index (χ2v) is 8.18. The van der Waals surface area contributed by atoms with Gasteiger partial charge >= 0.3 is 6.03 Å². The number of hydrogen-bond acceptors (Lipinski definition) is 4. The summed E-state index contributed by atoms with van der Waals surface area (Å²) in [6.45, 7) is 6.38. The van der Waals surface area contributed by atoms with Gasteiger partial charge in [0.15, 0.2) is 5.69 Å². The van der Waals surface area contributed by atoms with Crippen LogP contribution in [0.25, 0.3) is 0 Å². The van der Waals surface area contributed by atoms with Gasteiger partial charge in [-0.25, -0.2) is 9.48 Å². The fourth-order valence-electron chi connectivity index (χ4n) is 3.88. The molecule has 3 rings (SSSR count). The molecule has 1 saturated heterocycles. The van der Waals surface area contributed by atoms with Crippen molar-refractivity contribution in [2.45, 2.75) is 58.4 Å². The van der Waals surface area contributed by atoms with Crippen LogP contribution in [0.5, 0.6) is 0 Å². The summed E-state index contributed by atoms with van der Waals surface area (Å²) in [5, 5.41) is 10.9. The van der Waals surface area contributed by atoms with Crippen molar-refractivity contribution in [2.75, 3.05) is 19.6 Å². The topological polar surface area (TPSA) is 106 Å². The lowest BCUT2D eigenvalue weighted by Gasteiger charge is -2.34. The normalized spacial score (nSPS) is 18.9. The highest BCUT2D eigenvalue weighted by Crippen LogP contribution is 2.33. The van der Waals surface area contributed by atoms with Gasteiger partial charge in [-0.05, 0) is 38.5 Å². The Morgan fingerprint density at radius 1 is 1.30 bits per heavy atom. The average Bonchev–Trinajstić information content (AvgIpc) is 3.18. The highest BCUT2D eigenvalue weighted by Gasteiger charge is 2.28. The molecule has 0 unspecified atom stereocenters. The third kappa shape index (κ3) is 4.67. The van der Waals surface area contributed by atoms with Crippen molar-refractivity contribution in [2.24, 2.45) is 11.1 Å². The van der Waals surface area contributed by atoms with Crippen LogP contribution in [-0.4, -0.2) is 51.5 Å². The molecular formula is C19H30N6O2.